The molecule has 212 valence electrons. The van der Waals surface area contributed by atoms with Crippen molar-refractivity contribution in [1.82, 2.24) is 15.1 Å². The molecule has 10 heteroatoms. The summed E-state index contributed by atoms with van der Waals surface area (Å²) < 4.78 is 39.8. The Hall–Kier alpha value is -2.62. The zero-order valence-electron chi connectivity index (χ0n) is 22.2. The number of nitrogens with zero attached hydrogens (tertiary/aromatic N) is 2. The van der Waals surface area contributed by atoms with Crippen LogP contribution in [0.25, 0.3) is 0 Å². The van der Waals surface area contributed by atoms with Gasteiger partial charge in [-0.1, -0.05) is 18.9 Å². The van der Waals surface area contributed by atoms with Gasteiger partial charge in [0.25, 0.3) is 5.91 Å². The van der Waals surface area contributed by atoms with Gasteiger partial charge in [0.1, 0.15) is 6.04 Å². The van der Waals surface area contributed by atoms with Crippen LogP contribution in [-0.2, 0) is 16.1 Å². The molecule has 0 spiro atoms. The summed E-state index contributed by atoms with van der Waals surface area (Å²) in [6.45, 7) is 0.945. The third-order valence-corrected chi connectivity index (χ3v) is 9.82. The van der Waals surface area contributed by atoms with Crippen molar-refractivity contribution < 1.29 is 27.6 Å². The summed E-state index contributed by atoms with van der Waals surface area (Å²) in [5.74, 6) is -1.37. The van der Waals surface area contributed by atoms with Crippen molar-refractivity contribution >= 4 is 23.4 Å². The predicted molar refractivity (Wildman–Crippen MR) is 139 cm³/mol. The SMILES string of the molecule is O=C1CC[C@H](N2Cc3c(NC4(CCC5CC5)CCC(N5CC[C@H](C(F)(F)F)C5)CC4)cccc3C2=O)C(=O)N1. The van der Waals surface area contributed by atoms with Crippen LogP contribution in [0.2, 0.25) is 0 Å². The molecule has 6 rings (SSSR count). The van der Waals surface area contributed by atoms with Crippen LogP contribution in [0.3, 0.4) is 0 Å². The minimum absolute atomic E-state index is 0.112. The van der Waals surface area contributed by atoms with E-state index >= 15 is 0 Å². The van der Waals surface area contributed by atoms with Crippen molar-refractivity contribution in [2.24, 2.45) is 11.8 Å². The number of rotatable bonds is 7. The van der Waals surface area contributed by atoms with Gasteiger partial charge in [-0.3, -0.25) is 24.6 Å². The Morgan fingerprint density at radius 1 is 1.03 bits per heavy atom. The summed E-state index contributed by atoms with van der Waals surface area (Å²) in [7, 11) is 0. The van der Waals surface area contributed by atoms with Crippen LogP contribution in [0, 0.1) is 11.8 Å². The molecule has 3 aliphatic heterocycles. The number of hydrogen-bond acceptors (Lipinski definition) is 5. The van der Waals surface area contributed by atoms with E-state index in [2.05, 4.69) is 15.5 Å². The Morgan fingerprint density at radius 3 is 2.46 bits per heavy atom. The van der Waals surface area contributed by atoms with E-state index in [1.165, 1.54) is 12.8 Å². The van der Waals surface area contributed by atoms with E-state index in [0.29, 0.717) is 25.1 Å². The topological polar surface area (TPSA) is 81.8 Å². The highest BCUT2D eigenvalue weighted by Gasteiger charge is 2.47. The first-order valence-electron chi connectivity index (χ1n) is 14.5. The first-order valence-corrected chi connectivity index (χ1v) is 14.5. The number of amides is 3. The smallest absolute Gasteiger partial charge is 0.379 e. The fourth-order valence-electron chi connectivity index (χ4n) is 7.22. The molecular formula is C29H37F3N4O3. The third kappa shape index (κ3) is 5.41. The predicted octanol–water partition coefficient (Wildman–Crippen LogP) is 4.62. The largest absolute Gasteiger partial charge is 0.393 e. The number of anilines is 1. The van der Waals surface area contributed by atoms with Crippen molar-refractivity contribution in [3.05, 3.63) is 29.3 Å². The summed E-state index contributed by atoms with van der Waals surface area (Å²) >= 11 is 0. The Labute approximate surface area is 226 Å². The number of fused-ring (bicyclic) bond motifs is 1. The van der Waals surface area contributed by atoms with E-state index in [4.69, 9.17) is 0 Å². The lowest BCUT2D eigenvalue weighted by Gasteiger charge is -2.44. The molecule has 2 saturated carbocycles. The van der Waals surface area contributed by atoms with E-state index in [1.807, 2.05) is 12.1 Å². The number of nitrogens with one attached hydrogen (secondary N) is 2. The molecule has 7 nitrogen and oxygen atoms in total. The Bertz CT molecular complexity index is 1140. The molecule has 3 amide bonds. The lowest BCUT2D eigenvalue weighted by molar-refractivity contribution is -0.171. The van der Waals surface area contributed by atoms with Crippen LogP contribution in [0.4, 0.5) is 18.9 Å². The summed E-state index contributed by atoms with van der Waals surface area (Å²) in [6.07, 6.45) is 4.76. The van der Waals surface area contributed by atoms with Crippen molar-refractivity contribution in [2.45, 2.75) is 101 Å². The van der Waals surface area contributed by atoms with Gasteiger partial charge in [0.15, 0.2) is 0 Å². The highest BCUT2D eigenvalue weighted by atomic mass is 19.4. The number of likely N-dealkylation sites (tertiary alicyclic amines) is 1. The van der Waals surface area contributed by atoms with Gasteiger partial charge in [-0.2, -0.15) is 13.2 Å². The van der Waals surface area contributed by atoms with E-state index in [0.717, 1.165) is 55.7 Å². The van der Waals surface area contributed by atoms with Crippen molar-refractivity contribution in [3.8, 4) is 0 Å². The number of alkyl halides is 3. The van der Waals surface area contributed by atoms with Gasteiger partial charge in [0.2, 0.25) is 11.8 Å². The maximum Gasteiger partial charge on any atom is 0.393 e. The molecule has 0 aromatic heterocycles. The lowest BCUT2D eigenvalue weighted by atomic mass is 9.75. The number of piperidine rings is 1. The van der Waals surface area contributed by atoms with Crippen LogP contribution < -0.4 is 10.6 Å². The number of hydrogen-bond donors (Lipinski definition) is 2. The van der Waals surface area contributed by atoms with Crippen LogP contribution in [-0.4, -0.2) is 64.4 Å². The van der Waals surface area contributed by atoms with Crippen molar-refractivity contribution in [2.75, 3.05) is 18.4 Å². The maximum atomic E-state index is 13.3. The minimum Gasteiger partial charge on any atom is -0.379 e. The highest BCUT2D eigenvalue weighted by Crippen LogP contribution is 2.44. The zero-order valence-corrected chi connectivity index (χ0v) is 22.2. The van der Waals surface area contributed by atoms with Crippen LogP contribution in [0.1, 0.15) is 86.6 Å². The standard InChI is InChI=1S/C29H37F3N4O3/c30-29(31,32)19-11-15-35(16-19)20-9-13-28(14-10-20,12-8-18-4-5-18)34-23-3-1-2-21-22(23)17-36(27(21)39)24-6-7-25(37)33-26(24)38/h1-3,18-20,24,34H,4-17H2,(H,33,37,38)/t19-,20?,24-,28?/m0/s1. The van der Waals surface area contributed by atoms with Crippen LogP contribution in [0.5, 0.6) is 0 Å². The molecule has 2 saturated heterocycles. The first-order chi connectivity index (χ1) is 18.6. The van der Waals surface area contributed by atoms with Gasteiger partial charge in [0, 0.05) is 47.9 Å². The van der Waals surface area contributed by atoms with Gasteiger partial charge >= 0.3 is 6.18 Å². The van der Waals surface area contributed by atoms with Gasteiger partial charge in [-0.15, -0.1) is 0 Å². The number of benzene rings is 1. The molecule has 1 aromatic carbocycles. The molecule has 2 aliphatic carbocycles. The molecule has 2 N–H and O–H groups in total. The lowest BCUT2D eigenvalue weighted by Crippen LogP contribution is -2.52. The molecule has 39 heavy (non-hydrogen) atoms. The average molecular weight is 547 g/mol. The third-order valence-electron chi connectivity index (χ3n) is 9.82. The summed E-state index contributed by atoms with van der Waals surface area (Å²) in [5.41, 5.74) is 2.21. The monoisotopic (exact) mass is 546 g/mol. The number of imide groups is 1. The number of carbonyl (C=O) groups excluding carboxylic acids is 3. The van der Waals surface area contributed by atoms with Crippen molar-refractivity contribution in [3.63, 3.8) is 0 Å². The van der Waals surface area contributed by atoms with Crippen LogP contribution >= 0.6 is 0 Å². The molecular weight excluding hydrogens is 509 g/mol. The zero-order chi connectivity index (χ0) is 27.4. The summed E-state index contributed by atoms with van der Waals surface area (Å²) in [6, 6.07) is 5.19. The van der Waals surface area contributed by atoms with E-state index < -0.39 is 24.0 Å². The maximum absolute atomic E-state index is 13.3. The van der Waals surface area contributed by atoms with Gasteiger partial charge in [0.05, 0.1) is 5.92 Å². The van der Waals surface area contributed by atoms with E-state index in [1.54, 1.807) is 11.0 Å². The molecule has 5 aliphatic rings. The Kier molecular flexibility index (Phi) is 6.88. The first kappa shape index (κ1) is 26.6. The normalized spacial score (nSPS) is 31.9. The van der Waals surface area contributed by atoms with Gasteiger partial charge in [-0.25, -0.2) is 0 Å². The molecule has 2 atom stereocenters. The minimum atomic E-state index is -4.12. The second-order valence-corrected chi connectivity index (χ2v) is 12.4. The molecule has 0 unspecified atom stereocenters. The van der Waals surface area contributed by atoms with Gasteiger partial charge in [-0.05, 0) is 76.0 Å². The number of halogens is 3. The molecule has 1 aromatic rings. The second-order valence-electron chi connectivity index (χ2n) is 12.4. The second kappa shape index (κ2) is 10.1. The van der Waals surface area contributed by atoms with Gasteiger partial charge < -0.3 is 10.2 Å². The quantitative estimate of drug-likeness (QED) is 0.488. The fraction of sp³-hybridized carbons (Fsp3) is 0.690. The highest BCUT2D eigenvalue weighted by molar-refractivity contribution is 6.06. The molecule has 4 fully saturated rings. The van der Waals surface area contributed by atoms with E-state index in [9.17, 15) is 27.6 Å². The van der Waals surface area contributed by atoms with Crippen molar-refractivity contribution in [1.29, 1.82) is 0 Å². The Balaban J connectivity index is 1.17. The fourth-order valence-corrected chi connectivity index (χ4v) is 7.22. The molecule has 0 radical (unpaired) electrons. The van der Waals surface area contributed by atoms with E-state index in [-0.39, 0.29) is 42.8 Å². The molecule has 0 bridgehead atoms. The summed E-state index contributed by atoms with van der Waals surface area (Å²) in [4.78, 5) is 41.1. The molecule has 3 heterocycles. The van der Waals surface area contributed by atoms with Crippen LogP contribution in [0.15, 0.2) is 18.2 Å². The number of carbonyl (C=O) groups is 3. The Morgan fingerprint density at radius 2 is 1.79 bits per heavy atom. The average Bonchev–Trinajstić information content (AvgIpc) is 3.48. The summed E-state index contributed by atoms with van der Waals surface area (Å²) in [5, 5.41) is 6.21.